The largest absolute Gasteiger partial charge is 0.327 e. The van der Waals surface area contributed by atoms with Crippen molar-refractivity contribution in [2.45, 2.75) is 26.3 Å². The van der Waals surface area contributed by atoms with Crippen LogP contribution in [0, 0.1) is 5.41 Å². The summed E-state index contributed by atoms with van der Waals surface area (Å²) in [4.78, 5) is 2.35. The first kappa shape index (κ1) is 8.02. The highest BCUT2D eigenvalue weighted by Crippen LogP contribution is 2.31. The van der Waals surface area contributed by atoms with Gasteiger partial charge in [-0.2, -0.15) is 0 Å². The topological polar surface area (TPSA) is 29.3 Å². The second-order valence-corrected chi connectivity index (χ2v) is 3.93. The summed E-state index contributed by atoms with van der Waals surface area (Å²) in [6.45, 7) is 6.75. The van der Waals surface area contributed by atoms with Crippen LogP contribution in [0.25, 0.3) is 0 Å². The fourth-order valence-electron chi connectivity index (χ4n) is 1.59. The fraction of sp³-hybridized carbons (Fsp3) is 1.00. The number of likely N-dealkylation sites (tertiary alicyclic amines) is 1. The number of nitrogens with zero attached hydrogens (tertiary/aromatic N) is 1. The van der Waals surface area contributed by atoms with Gasteiger partial charge in [-0.25, -0.2) is 0 Å². The highest BCUT2D eigenvalue weighted by atomic mass is 15.1. The van der Waals surface area contributed by atoms with Crippen LogP contribution in [0.2, 0.25) is 0 Å². The van der Waals surface area contributed by atoms with Gasteiger partial charge in [0, 0.05) is 12.6 Å². The predicted octanol–water partition coefficient (Wildman–Crippen LogP) is 0.675. The molecular weight excluding hydrogens is 124 g/mol. The Balaban J connectivity index is 2.54. The molecule has 0 saturated carbocycles. The Kier molecular flexibility index (Phi) is 2.02. The molecule has 0 spiro atoms. The maximum atomic E-state index is 5.87. The lowest BCUT2D eigenvalue weighted by atomic mass is 9.83. The molecule has 1 aliphatic heterocycles. The Bertz CT molecular complexity index is 122. The van der Waals surface area contributed by atoms with Gasteiger partial charge in [0.15, 0.2) is 0 Å². The number of nitrogens with two attached hydrogens (primary N) is 1. The summed E-state index contributed by atoms with van der Waals surface area (Å²) in [5.74, 6) is 0. The maximum Gasteiger partial charge on any atom is 0.00771 e. The van der Waals surface area contributed by atoms with Crippen LogP contribution in [0.15, 0.2) is 0 Å². The lowest BCUT2D eigenvalue weighted by Crippen LogP contribution is -2.38. The SMILES string of the molecule is CC(N)C1(C)CCN(C)C1. The van der Waals surface area contributed by atoms with Gasteiger partial charge in [0.1, 0.15) is 0 Å². The lowest BCUT2D eigenvalue weighted by Gasteiger charge is -2.27. The molecule has 60 valence electrons. The van der Waals surface area contributed by atoms with Crippen LogP contribution in [0.5, 0.6) is 0 Å². The molecule has 2 N–H and O–H groups in total. The highest BCUT2D eigenvalue weighted by molar-refractivity contribution is 4.90. The van der Waals surface area contributed by atoms with Crippen molar-refractivity contribution in [2.75, 3.05) is 20.1 Å². The van der Waals surface area contributed by atoms with Gasteiger partial charge in [-0.1, -0.05) is 6.92 Å². The number of hydrogen-bond acceptors (Lipinski definition) is 2. The molecule has 0 aromatic carbocycles. The fourth-order valence-corrected chi connectivity index (χ4v) is 1.59. The Morgan fingerprint density at radius 1 is 1.60 bits per heavy atom. The maximum absolute atomic E-state index is 5.87. The zero-order valence-electron chi connectivity index (χ0n) is 7.22. The van der Waals surface area contributed by atoms with E-state index in [1.54, 1.807) is 0 Å². The third-order valence-corrected chi connectivity index (χ3v) is 2.80. The Morgan fingerprint density at radius 3 is 2.40 bits per heavy atom. The molecule has 0 radical (unpaired) electrons. The monoisotopic (exact) mass is 142 g/mol. The van der Waals surface area contributed by atoms with E-state index in [0.717, 1.165) is 6.54 Å². The van der Waals surface area contributed by atoms with E-state index in [2.05, 4.69) is 25.8 Å². The molecule has 0 bridgehead atoms. The molecule has 1 heterocycles. The Hall–Kier alpha value is -0.0800. The van der Waals surface area contributed by atoms with Crippen molar-refractivity contribution in [3.05, 3.63) is 0 Å². The summed E-state index contributed by atoms with van der Waals surface area (Å²) in [5.41, 5.74) is 6.24. The quantitative estimate of drug-likeness (QED) is 0.583. The molecule has 1 fully saturated rings. The van der Waals surface area contributed by atoms with Crippen LogP contribution >= 0.6 is 0 Å². The van der Waals surface area contributed by atoms with E-state index in [1.165, 1.54) is 13.0 Å². The van der Waals surface area contributed by atoms with Crippen molar-refractivity contribution in [1.82, 2.24) is 4.90 Å². The van der Waals surface area contributed by atoms with E-state index in [-0.39, 0.29) is 0 Å². The van der Waals surface area contributed by atoms with Crippen LogP contribution < -0.4 is 5.73 Å². The minimum atomic E-state index is 0.331. The smallest absolute Gasteiger partial charge is 0.00771 e. The van der Waals surface area contributed by atoms with Gasteiger partial charge in [0.05, 0.1) is 0 Å². The summed E-state index contributed by atoms with van der Waals surface area (Å²) in [6, 6.07) is 0.331. The number of rotatable bonds is 1. The van der Waals surface area contributed by atoms with Gasteiger partial charge in [0.25, 0.3) is 0 Å². The molecular formula is C8H18N2. The van der Waals surface area contributed by atoms with E-state index >= 15 is 0 Å². The summed E-state index contributed by atoms with van der Waals surface area (Å²) >= 11 is 0. The number of hydrogen-bond donors (Lipinski definition) is 1. The lowest BCUT2D eigenvalue weighted by molar-refractivity contribution is 0.265. The van der Waals surface area contributed by atoms with Crippen molar-refractivity contribution < 1.29 is 0 Å². The van der Waals surface area contributed by atoms with Gasteiger partial charge >= 0.3 is 0 Å². The molecule has 1 saturated heterocycles. The second kappa shape index (κ2) is 2.51. The van der Waals surface area contributed by atoms with Crippen LogP contribution in [0.1, 0.15) is 20.3 Å². The Labute approximate surface area is 63.4 Å². The van der Waals surface area contributed by atoms with E-state index < -0.39 is 0 Å². The molecule has 1 aliphatic rings. The van der Waals surface area contributed by atoms with E-state index in [4.69, 9.17) is 5.73 Å². The molecule has 2 heteroatoms. The van der Waals surface area contributed by atoms with Gasteiger partial charge in [0.2, 0.25) is 0 Å². The molecule has 0 aliphatic carbocycles. The molecule has 2 unspecified atom stereocenters. The van der Waals surface area contributed by atoms with Crippen molar-refractivity contribution in [3.8, 4) is 0 Å². The summed E-state index contributed by atoms with van der Waals surface area (Å²) in [5, 5.41) is 0. The van der Waals surface area contributed by atoms with Crippen molar-refractivity contribution >= 4 is 0 Å². The first-order valence-corrected chi connectivity index (χ1v) is 3.99. The Morgan fingerprint density at radius 2 is 2.20 bits per heavy atom. The van der Waals surface area contributed by atoms with Crippen LogP contribution in [-0.2, 0) is 0 Å². The van der Waals surface area contributed by atoms with Gasteiger partial charge in [-0.3, -0.25) is 0 Å². The molecule has 0 aromatic rings. The third kappa shape index (κ3) is 1.32. The van der Waals surface area contributed by atoms with E-state index in [9.17, 15) is 0 Å². The molecule has 0 amide bonds. The van der Waals surface area contributed by atoms with E-state index in [0.29, 0.717) is 11.5 Å². The average Bonchev–Trinajstić information content (AvgIpc) is 2.13. The van der Waals surface area contributed by atoms with E-state index in [1.807, 2.05) is 0 Å². The zero-order valence-corrected chi connectivity index (χ0v) is 7.22. The van der Waals surface area contributed by atoms with Crippen molar-refractivity contribution in [1.29, 1.82) is 0 Å². The van der Waals surface area contributed by atoms with Crippen LogP contribution in [-0.4, -0.2) is 31.1 Å². The standard InChI is InChI=1S/C8H18N2/c1-7(9)8(2)4-5-10(3)6-8/h7H,4-6,9H2,1-3H3. The van der Waals surface area contributed by atoms with Crippen LogP contribution in [0.4, 0.5) is 0 Å². The molecule has 0 aromatic heterocycles. The van der Waals surface area contributed by atoms with Gasteiger partial charge < -0.3 is 10.6 Å². The summed E-state index contributed by atoms with van der Waals surface area (Å²) < 4.78 is 0. The first-order chi connectivity index (χ1) is 4.54. The second-order valence-electron chi connectivity index (χ2n) is 3.93. The normalized spacial score (nSPS) is 38.4. The van der Waals surface area contributed by atoms with Crippen molar-refractivity contribution in [3.63, 3.8) is 0 Å². The molecule has 10 heavy (non-hydrogen) atoms. The molecule has 1 rings (SSSR count). The highest BCUT2D eigenvalue weighted by Gasteiger charge is 2.34. The predicted molar refractivity (Wildman–Crippen MR) is 43.9 cm³/mol. The van der Waals surface area contributed by atoms with Crippen LogP contribution in [0.3, 0.4) is 0 Å². The van der Waals surface area contributed by atoms with Gasteiger partial charge in [-0.15, -0.1) is 0 Å². The van der Waals surface area contributed by atoms with Gasteiger partial charge in [-0.05, 0) is 32.4 Å². The zero-order chi connectivity index (χ0) is 7.78. The average molecular weight is 142 g/mol. The minimum absolute atomic E-state index is 0.331. The first-order valence-electron chi connectivity index (χ1n) is 3.99. The summed E-state index contributed by atoms with van der Waals surface area (Å²) in [7, 11) is 2.16. The molecule has 2 nitrogen and oxygen atoms in total. The molecule has 2 atom stereocenters. The van der Waals surface area contributed by atoms with Crippen molar-refractivity contribution in [2.24, 2.45) is 11.1 Å². The minimum Gasteiger partial charge on any atom is -0.327 e. The summed E-state index contributed by atoms with van der Waals surface area (Å²) in [6.07, 6.45) is 1.25. The third-order valence-electron chi connectivity index (χ3n) is 2.80.